The second kappa shape index (κ2) is 35.9. The van der Waals surface area contributed by atoms with Gasteiger partial charge in [0.1, 0.15) is 0 Å². The molecule has 2 unspecified atom stereocenters. The van der Waals surface area contributed by atoms with Crippen molar-refractivity contribution in [2.75, 3.05) is 5.75 Å². The Morgan fingerprint density at radius 3 is 1.45 bits per heavy atom. The number of carbonyl (C=O) groups is 1. The van der Waals surface area contributed by atoms with E-state index in [0.29, 0.717) is 6.42 Å². The van der Waals surface area contributed by atoms with E-state index in [2.05, 4.69) is 67.8 Å². The summed E-state index contributed by atoms with van der Waals surface area (Å²) in [5.74, 6) is -1.02. The molecule has 7 heteroatoms. The number of aliphatic hydroxyl groups is 1. The zero-order valence-electron chi connectivity index (χ0n) is 31.5. The molecule has 0 spiro atoms. The van der Waals surface area contributed by atoms with Crippen molar-refractivity contribution in [2.24, 2.45) is 0 Å². The van der Waals surface area contributed by atoms with Gasteiger partial charge in [-0.25, -0.2) is 0 Å². The van der Waals surface area contributed by atoms with Gasteiger partial charge in [-0.15, -0.1) is 0 Å². The highest BCUT2D eigenvalue weighted by Gasteiger charge is 2.24. The van der Waals surface area contributed by atoms with Crippen LogP contribution in [0.15, 0.2) is 60.8 Å². The molecule has 0 aromatic carbocycles. The summed E-state index contributed by atoms with van der Waals surface area (Å²) < 4.78 is 32.4. The number of amides is 1. The molecule has 3 N–H and O–H groups in total. The van der Waals surface area contributed by atoms with Gasteiger partial charge in [0.05, 0.1) is 17.9 Å². The number of aliphatic hydroxyl groups excluding tert-OH is 1. The summed E-state index contributed by atoms with van der Waals surface area (Å²) >= 11 is 0. The zero-order valence-corrected chi connectivity index (χ0v) is 32.4. The molecule has 6 nitrogen and oxygen atoms in total. The van der Waals surface area contributed by atoms with Gasteiger partial charge in [-0.2, -0.15) is 8.42 Å². The minimum absolute atomic E-state index is 0.277. The van der Waals surface area contributed by atoms with Crippen LogP contribution >= 0.6 is 0 Å². The Kier molecular flexibility index (Phi) is 34.4. The van der Waals surface area contributed by atoms with Crippen molar-refractivity contribution < 1.29 is 22.9 Å². The molecule has 0 aromatic heterocycles. The highest BCUT2D eigenvalue weighted by Crippen LogP contribution is 2.13. The molecule has 0 aromatic rings. The fraction of sp³-hybridized carbons (Fsp3) is 0.738. The van der Waals surface area contributed by atoms with Crippen molar-refractivity contribution in [1.29, 1.82) is 0 Å². The topological polar surface area (TPSA) is 104 Å². The maximum Gasteiger partial charge on any atom is 0.267 e. The lowest BCUT2D eigenvalue weighted by molar-refractivity contribution is -0.122. The molecule has 0 rings (SSSR count). The second-order valence-electron chi connectivity index (χ2n) is 13.5. The van der Waals surface area contributed by atoms with Gasteiger partial charge in [0.25, 0.3) is 10.1 Å². The van der Waals surface area contributed by atoms with E-state index < -0.39 is 28.0 Å². The smallest absolute Gasteiger partial charge is 0.267 e. The van der Waals surface area contributed by atoms with Crippen molar-refractivity contribution in [3.63, 3.8) is 0 Å². The van der Waals surface area contributed by atoms with Crippen molar-refractivity contribution in [3.8, 4) is 0 Å². The summed E-state index contributed by atoms with van der Waals surface area (Å²) in [6.07, 6.45) is 49.2. The maximum atomic E-state index is 12.5. The van der Waals surface area contributed by atoms with E-state index in [1.54, 1.807) is 6.08 Å². The number of unbranched alkanes of at least 4 members (excludes halogenated alkanes) is 19. The van der Waals surface area contributed by atoms with Crippen molar-refractivity contribution in [3.05, 3.63) is 60.8 Å². The van der Waals surface area contributed by atoms with E-state index in [1.807, 2.05) is 0 Å². The summed E-state index contributed by atoms with van der Waals surface area (Å²) in [5.41, 5.74) is 0. The van der Waals surface area contributed by atoms with Crippen LogP contribution in [-0.4, -0.2) is 41.9 Å². The minimum Gasteiger partial charge on any atom is -0.387 e. The number of hydrogen-bond donors (Lipinski definition) is 3. The van der Waals surface area contributed by atoms with Crippen LogP contribution in [-0.2, 0) is 14.9 Å². The Labute approximate surface area is 302 Å². The minimum atomic E-state index is -4.36. The molecule has 0 saturated heterocycles. The van der Waals surface area contributed by atoms with Crippen LogP contribution < -0.4 is 5.32 Å². The molecular formula is C42H75NO5S. The largest absolute Gasteiger partial charge is 0.387 e. The molecule has 0 aliphatic carbocycles. The van der Waals surface area contributed by atoms with Crippen molar-refractivity contribution in [2.45, 2.75) is 193 Å². The van der Waals surface area contributed by atoms with Crippen LogP contribution in [0.5, 0.6) is 0 Å². The molecule has 49 heavy (non-hydrogen) atoms. The lowest BCUT2D eigenvalue weighted by atomic mass is 10.1. The van der Waals surface area contributed by atoms with Crippen LogP contribution in [0, 0.1) is 0 Å². The van der Waals surface area contributed by atoms with Gasteiger partial charge in [0, 0.05) is 6.42 Å². The van der Waals surface area contributed by atoms with Gasteiger partial charge in [0.15, 0.2) is 0 Å². The number of allylic oxidation sites excluding steroid dienone is 9. The number of carbonyl (C=O) groups excluding carboxylic acids is 1. The van der Waals surface area contributed by atoms with Crippen LogP contribution in [0.3, 0.4) is 0 Å². The Balaban J connectivity index is 3.97. The van der Waals surface area contributed by atoms with Crippen LogP contribution in [0.4, 0.5) is 0 Å². The zero-order chi connectivity index (χ0) is 36.1. The lowest BCUT2D eigenvalue weighted by Crippen LogP contribution is -2.46. The van der Waals surface area contributed by atoms with Gasteiger partial charge in [0.2, 0.25) is 5.91 Å². The predicted octanol–water partition coefficient (Wildman–Crippen LogP) is 11.7. The molecule has 0 fully saturated rings. The average molecular weight is 706 g/mol. The molecule has 1 amide bonds. The van der Waals surface area contributed by atoms with Crippen LogP contribution in [0.2, 0.25) is 0 Å². The van der Waals surface area contributed by atoms with Gasteiger partial charge < -0.3 is 10.4 Å². The first-order valence-electron chi connectivity index (χ1n) is 20.0. The molecular weight excluding hydrogens is 631 g/mol. The summed E-state index contributed by atoms with van der Waals surface area (Å²) in [6, 6.07) is -1.08. The Hall–Kier alpha value is -1.96. The fourth-order valence-corrected chi connectivity index (χ4v) is 6.36. The Morgan fingerprint density at radius 1 is 0.551 bits per heavy atom. The average Bonchev–Trinajstić information content (AvgIpc) is 3.06. The van der Waals surface area contributed by atoms with E-state index in [4.69, 9.17) is 0 Å². The quantitative estimate of drug-likeness (QED) is 0.0346. The lowest BCUT2D eigenvalue weighted by Gasteiger charge is -2.21. The Morgan fingerprint density at radius 2 is 0.939 bits per heavy atom. The third-order valence-electron chi connectivity index (χ3n) is 8.64. The van der Waals surface area contributed by atoms with E-state index in [0.717, 1.165) is 57.8 Å². The first kappa shape index (κ1) is 47.0. The van der Waals surface area contributed by atoms with Gasteiger partial charge in [-0.3, -0.25) is 9.35 Å². The first-order chi connectivity index (χ1) is 23.8. The monoisotopic (exact) mass is 706 g/mol. The molecule has 2 atom stereocenters. The summed E-state index contributed by atoms with van der Waals surface area (Å²) in [5, 5.41) is 13.2. The molecule has 0 heterocycles. The molecule has 0 radical (unpaired) electrons. The molecule has 0 saturated carbocycles. The normalized spacial score (nSPS) is 14.0. The number of hydrogen-bond acceptors (Lipinski definition) is 4. The molecule has 0 aliphatic heterocycles. The van der Waals surface area contributed by atoms with E-state index in [9.17, 15) is 22.9 Å². The first-order valence-corrected chi connectivity index (χ1v) is 21.6. The Bertz CT molecular complexity index is 999. The molecule has 284 valence electrons. The SMILES string of the molecule is CCCCC/C=C/CC/C=C/CC/C=C/C(O)C(CS(=O)(=O)O)NC(=O)CCCCCCCCCCC/C=C\C/C=C\CCCCCCC. The van der Waals surface area contributed by atoms with E-state index >= 15 is 0 Å². The van der Waals surface area contributed by atoms with E-state index in [-0.39, 0.29) is 12.3 Å². The van der Waals surface area contributed by atoms with Crippen LogP contribution in [0.25, 0.3) is 0 Å². The summed E-state index contributed by atoms with van der Waals surface area (Å²) in [4.78, 5) is 12.5. The van der Waals surface area contributed by atoms with Crippen molar-refractivity contribution in [1.82, 2.24) is 5.32 Å². The standard InChI is InChI=1S/C42H75NO5S/c1-3-5-7-9-11-13-15-17-18-19-20-21-22-23-24-26-28-30-32-34-36-38-42(45)43-40(39-49(46,47)48)41(44)37-35-33-31-29-27-25-16-14-12-10-8-6-4-2/h12,14-15,17,19-20,27,29,35,37,40-41,44H,3-11,13,16,18,21-26,28,30-34,36,38-39H2,1-2H3,(H,43,45)(H,46,47,48)/b14-12+,17-15-,20-19-,29-27+,37-35+. The number of nitrogens with one attached hydrogen (secondary N) is 1. The number of rotatable bonds is 35. The predicted molar refractivity (Wildman–Crippen MR) is 211 cm³/mol. The van der Waals surface area contributed by atoms with Gasteiger partial charge in [-0.1, -0.05) is 158 Å². The fourth-order valence-electron chi connectivity index (χ4n) is 5.63. The van der Waals surface area contributed by atoms with Gasteiger partial charge >= 0.3 is 0 Å². The summed E-state index contributed by atoms with van der Waals surface area (Å²) in [6.45, 7) is 4.47. The second-order valence-corrected chi connectivity index (χ2v) is 15.0. The third-order valence-corrected chi connectivity index (χ3v) is 9.42. The summed E-state index contributed by atoms with van der Waals surface area (Å²) in [7, 11) is -4.36. The van der Waals surface area contributed by atoms with Gasteiger partial charge in [-0.05, 0) is 77.0 Å². The maximum absolute atomic E-state index is 12.5. The highest BCUT2D eigenvalue weighted by atomic mass is 32.2. The van der Waals surface area contributed by atoms with E-state index in [1.165, 1.54) is 102 Å². The highest BCUT2D eigenvalue weighted by molar-refractivity contribution is 7.85. The van der Waals surface area contributed by atoms with Crippen molar-refractivity contribution >= 4 is 16.0 Å². The molecule has 0 aliphatic rings. The molecule has 0 bridgehead atoms. The third kappa shape index (κ3) is 37.1. The van der Waals surface area contributed by atoms with Crippen LogP contribution in [0.1, 0.15) is 181 Å².